The van der Waals surface area contributed by atoms with Crippen LogP contribution in [0.2, 0.25) is 0 Å². The Morgan fingerprint density at radius 1 is 0.781 bits per heavy atom. The molecule has 176 valence electrons. The van der Waals surface area contributed by atoms with Gasteiger partial charge in [0.25, 0.3) is 0 Å². The van der Waals surface area contributed by atoms with Crippen molar-refractivity contribution < 1.29 is 4.74 Å². The van der Waals surface area contributed by atoms with Crippen LogP contribution in [0.25, 0.3) is 11.1 Å². The van der Waals surface area contributed by atoms with E-state index < -0.39 is 0 Å². The standard InChI is InChI=1S/C31H46O/c1-7-24-21-30(32-22-31(9-3,10-4)11-5)25(8-2)20-29(24)28-18-16-27(17-19-28)26-14-12-23(6)13-15-26/h16-21,23,26H,7-15,22H2,1-6H3. The van der Waals surface area contributed by atoms with Gasteiger partial charge in [-0.2, -0.15) is 0 Å². The molecular formula is C31H46O. The molecule has 0 heterocycles. The fraction of sp³-hybridized carbons (Fsp3) is 0.613. The quantitative estimate of drug-likeness (QED) is 0.362. The van der Waals surface area contributed by atoms with Gasteiger partial charge in [-0.15, -0.1) is 0 Å². The van der Waals surface area contributed by atoms with E-state index in [1.807, 2.05) is 0 Å². The smallest absolute Gasteiger partial charge is 0.122 e. The number of hydrogen-bond donors (Lipinski definition) is 0. The summed E-state index contributed by atoms with van der Waals surface area (Å²) in [6.45, 7) is 14.6. The largest absolute Gasteiger partial charge is 0.493 e. The lowest BCUT2D eigenvalue weighted by Gasteiger charge is -2.31. The Hall–Kier alpha value is -1.76. The highest BCUT2D eigenvalue weighted by atomic mass is 16.5. The summed E-state index contributed by atoms with van der Waals surface area (Å²) >= 11 is 0. The van der Waals surface area contributed by atoms with Crippen molar-refractivity contribution in [2.24, 2.45) is 11.3 Å². The van der Waals surface area contributed by atoms with Gasteiger partial charge in [-0.05, 0) is 96.7 Å². The fourth-order valence-electron chi connectivity index (χ4n) is 5.45. The molecule has 1 heteroatoms. The van der Waals surface area contributed by atoms with Gasteiger partial charge in [-0.25, -0.2) is 0 Å². The molecular weight excluding hydrogens is 388 g/mol. The molecule has 1 saturated carbocycles. The molecule has 3 rings (SSSR count). The summed E-state index contributed by atoms with van der Waals surface area (Å²) in [5, 5.41) is 0. The van der Waals surface area contributed by atoms with Crippen molar-refractivity contribution >= 4 is 0 Å². The Bertz CT molecular complexity index is 827. The van der Waals surface area contributed by atoms with Crippen LogP contribution >= 0.6 is 0 Å². The third-order valence-electron chi connectivity index (χ3n) is 8.54. The van der Waals surface area contributed by atoms with Crippen molar-refractivity contribution in [2.45, 2.75) is 105 Å². The Kier molecular flexibility index (Phi) is 8.86. The predicted octanol–water partition coefficient (Wildman–Crippen LogP) is 9.37. The molecule has 1 aliphatic carbocycles. The first-order valence-corrected chi connectivity index (χ1v) is 13.4. The van der Waals surface area contributed by atoms with Gasteiger partial charge in [-0.1, -0.05) is 78.6 Å². The molecule has 0 amide bonds. The van der Waals surface area contributed by atoms with Crippen LogP contribution in [0.4, 0.5) is 0 Å². The maximum atomic E-state index is 6.51. The van der Waals surface area contributed by atoms with E-state index >= 15 is 0 Å². The van der Waals surface area contributed by atoms with Gasteiger partial charge >= 0.3 is 0 Å². The zero-order valence-electron chi connectivity index (χ0n) is 21.6. The second-order valence-electron chi connectivity index (χ2n) is 10.3. The molecule has 0 unspecified atom stereocenters. The van der Waals surface area contributed by atoms with E-state index in [4.69, 9.17) is 4.74 Å². The van der Waals surface area contributed by atoms with E-state index in [-0.39, 0.29) is 0 Å². The number of ether oxygens (including phenoxy) is 1. The molecule has 1 fully saturated rings. The number of benzene rings is 2. The van der Waals surface area contributed by atoms with Crippen molar-refractivity contribution in [3.05, 3.63) is 53.1 Å². The molecule has 0 bridgehead atoms. The molecule has 2 aromatic carbocycles. The normalized spacial score (nSPS) is 19.2. The first kappa shape index (κ1) is 24.9. The van der Waals surface area contributed by atoms with Crippen LogP contribution in [0.15, 0.2) is 36.4 Å². The molecule has 2 aromatic rings. The second-order valence-corrected chi connectivity index (χ2v) is 10.3. The van der Waals surface area contributed by atoms with Gasteiger partial charge in [0.15, 0.2) is 0 Å². The molecule has 32 heavy (non-hydrogen) atoms. The average Bonchev–Trinajstić information content (AvgIpc) is 2.85. The monoisotopic (exact) mass is 434 g/mol. The first-order valence-electron chi connectivity index (χ1n) is 13.4. The maximum absolute atomic E-state index is 6.51. The minimum atomic E-state index is 0.294. The SMILES string of the molecule is CCc1cc(-c2ccc(C3CCC(C)CC3)cc2)c(CC)cc1OCC(CC)(CC)CC. The summed E-state index contributed by atoms with van der Waals surface area (Å²) in [5.74, 6) is 2.76. The molecule has 0 radical (unpaired) electrons. The summed E-state index contributed by atoms with van der Waals surface area (Å²) in [6.07, 6.45) is 11.0. The Morgan fingerprint density at radius 3 is 1.91 bits per heavy atom. The Labute approximate surface area is 198 Å². The molecule has 0 N–H and O–H groups in total. The highest BCUT2D eigenvalue weighted by Crippen LogP contribution is 2.38. The second kappa shape index (κ2) is 11.4. The van der Waals surface area contributed by atoms with Crippen molar-refractivity contribution in [2.75, 3.05) is 6.61 Å². The van der Waals surface area contributed by atoms with E-state index in [0.717, 1.165) is 37.0 Å². The van der Waals surface area contributed by atoms with Crippen LogP contribution < -0.4 is 4.74 Å². The van der Waals surface area contributed by atoms with Crippen molar-refractivity contribution in [3.63, 3.8) is 0 Å². The summed E-state index contributed by atoms with van der Waals surface area (Å²) in [4.78, 5) is 0. The van der Waals surface area contributed by atoms with Crippen LogP contribution in [0.5, 0.6) is 5.75 Å². The van der Waals surface area contributed by atoms with Crippen LogP contribution in [-0.4, -0.2) is 6.61 Å². The van der Waals surface area contributed by atoms with Crippen molar-refractivity contribution in [3.8, 4) is 16.9 Å². The molecule has 0 saturated heterocycles. The third kappa shape index (κ3) is 5.59. The Morgan fingerprint density at radius 2 is 1.38 bits per heavy atom. The highest BCUT2D eigenvalue weighted by Gasteiger charge is 2.25. The number of hydrogen-bond acceptors (Lipinski definition) is 1. The molecule has 1 nitrogen and oxygen atoms in total. The van der Waals surface area contributed by atoms with Gasteiger partial charge in [0.05, 0.1) is 6.61 Å². The lowest BCUT2D eigenvalue weighted by molar-refractivity contribution is 0.127. The molecule has 0 aliphatic heterocycles. The topological polar surface area (TPSA) is 9.23 Å². The fourth-order valence-corrected chi connectivity index (χ4v) is 5.45. The van der Waals surface area contributed by atoms with E-state index in [1.165, 1.54) is 72.8 Å². The summed E-state index contributed by atoms with van der Waals surface area (Å²) < 4.78 is 6.51. The zero-order valence-corrected chi connectivity index (χ0v) is 21.6. The molecule has 0 atom stereocenters. The van der Waals surface area contributed by atoms with Crippen LogP contribution in [0.1, 0.15) is 109 Å². The van der Waals surface area contributed by atoms with E-state index in [2.05, 4.69) is 77.9 Å². The maximum Gasteiger partial charge on any atom is 0.122 e. The van der Waals surface area contributed by atoms with Gasteiger partial charge in [0.2, 0.25) is 0 Å². The highest BCUT2D eigenvalue weighted by molar-refractivity contribution is 5.70. The van der Waals surface area contributed by atoms with Crippen LogP contribution in [0, 0.1) is 11.3 Å². The average molecular weight is 435 g/mol. The zero-order chi connectivity index (χ0) is 23.1. The predicted molar refractivity (Wildman–Crippen MR) is 140 cm³/mol. The van der Waals surface area contributed by atoms with Crippen LogP contribution in [0.3, 0.4) is 0 Å². The van der Waals surface area contributed by atoms with Crippen molar-refractivity contribution in [1.82, 2.24) is 0 Å². The molecule has 1 aliphatic rings. The third-order valence-corrected chi connectivity index (χ3v) is 8.54. The van der Waals surface area contributed by atoms with Gasteiger partial charge in [-0.3, -0.25) is 0 Å². The van der Waals surface area contributed by atoms with E-state index in [0.29, 0.717) is 5.41 Å². The van der Waals surface area contributed by atoms with E-state index in [9.17, 15) is 0 Å². The van der Waals surface area contributed by atoms with Crippen molar-refractivity contribution in [1.29, 1.82) is 0 Å². The molecule has 0 spiro atoms. The number of aryl methyl sites for hydroxylation is 2. The van der Waals surface area contributed by atoms with Gasteiger partial charge in [0.1, 0.15) is 5.75 Å². The number of rotatable bonds is 10. The Balaban J connectivity index is 1.84. The van der Waals surface area contributed by atoms with Gasteiger partial charge in [0, 0.05) is 5.41 Å². The lowest BCUT2D eigenvalue weighted by atomic mass is 9.79. The summed E-state index contributed by atoms with van der Waals surface area (Å²) in [7, 11) is 0. The molecule has 0 aromatic heterocycles. The van der Waals surface area contributed by atoms with Gasteiger partial charge < -0.3 is 4.74 Å². The lowest BCUT2D eigenvalue weighted by Crippen LogP contribution is -2.26. The van der Waals surface area contributed by atoms with Crippen LogP contribution in [-0.2, 0) is 12.8 Å². The summed E-state index contributed by atoms with van der Waals surface area (Å²) in [5.41, 5.74) is 7.29. The van der Waals surface area contributed by atoms with E-state index in [1.54, 1.807) is 0 Å². The minimum Gasteiger partial charge on any atom is -0.493 e. The summed E-state index contributed by atoms with van der Waals surface area (Å²) in [6, 6.07) is 14.2. The minimum absolute atomic E-state index is 0.294. The first-order chi connectivity index (χ1) is 15.5.